The lowest BCUT2D eigenvalue weighted by Crippen LogP contribution is -2.16. The second-order valence-corrected chi connectivity index (χ2v) is 4.06. The van der Waals surface area contributed by atoms with E-state index >= 15 is 0 Å². The van der Waals surface area contributed by atoms with Crippen molar-refractivity contribution in [2.24, 2.45) is 0 Å². The van der Waals surface area contributed by atoms with Crippen LogP contribution in [0, 0.1) is 0 Å². The van der Waals surface area contributed by atoms with Crippen LogP contribution in [0.5, 0.6) is 0 Å². The third-order valence-electron chi connectivity index (χ3n) is 1.24. The van der Waals surface area contributed by atoms with Gasteiger partial charge in [-0.25, -0.2) is 4.98 Å². The van der Waals surface area contributed by atoms with Gasteiger partial charge in [0.2, 0.25) is 0 Å². The smallest absolute Gasteiger partial charge is 0.106 e. The number of nitrogens with zero attached hydrogens (tertiary/aromatic N) is 1. The summed E-state index contributed by atoms with van der Waals surface area (Å²) in [6.07, 6.45) is 3.96. The lowest BCUT2D eigenvalue weighted by molar-refractivity contribution is 0.728. The van der Waals surface area contributed by atoms with E-state index < -0.39 is 0 Å². The first-order chi connectivity index (χ1) is 5.43. The summed E-state index contributed by atoms with van der Waals surface area (Å²) < 4.78 is 0. The van der Waals surface area contributed by atoms with Gasteiger partial charge in [-0.3, -0.25) is 0 Å². The maximum absolute atomic E-state index is 4.16. The van der Waals surface area contributed by atoms with E-state index in [1.165, 1.54) is 10.8 Å². The van der Waals surface area contributed by atoms with Crippen LogP contribution in [-0.2, 0) is 6.54 Å². The molecule has 0 aliphatic carbocycles. The second kappa shape index (κ2) is 5.57. The minimum absolute atomic E-state index is 0.915. The van der Waals surface area contributed by atoms with Crippen LogP contribution in [0.3, 0.4) is 0 Å². The monoisotopic (exact) mass is 188 g/mol. The molecule has 0 bridgehead atoms. The van der Waals surface area contributed by atoms with E-state index in [0.29, 0.717) is 0 Å². The summed E-state index contributed by atoms with van der Waals surface area (Å²) in [5.41, 5.74) is 0. The molecule has 0 radical (unpaired) electrons. The molecule has 0 unspecified atom stereocenters. The average Bonchev–Trinajstić information content (AvgIpc) is 2.50. The van der Waals surface area contributed by atoms with Crippen molar-refractivity contribution in [2.75, 3.05) is 18.6 Å². The number of thiazole rings is 1. The van der Waals surface area contributed by atoms with Gasteiger partial charge in [0.1, 0.15) is 5.01 Å². The summed E-state index contributed by atoms with van der Waals surface area (Å²) in [7, 11) is 0. The number of rotatable bonds is 5. The van der Waals surface area contributed by atoms with Crippen molar-refractivity contribution >= 4 is 23.1 Å². The molecule has 2 nitrogen and oxygen atoms in total. The Morgan fingerprint density at radius 3 is 3.27 bits per heavy atom. The van der Waals surface area contributed by atoms with Crippen molar-refractivity contribution in [1.29, 1.82) is 0 Å². The molecule has 1 aromatic rings. The molecule has 62 valence electrons. The quantitative estimate of drug-likeness (QED) is 0.710. The van der Waals surface area contributed by atoms with Crippen LogP contribution >= 0.6 is 23.1 Å². The van der Waals surface area contributed by atoms with E-state index in [-0.39, 0.29) is 0 Å². The average molecular weight is 188 g/mol. The van der Waals surface area contributed by atoms with Gasteiger partial charge in [0.25, 0.3) is 0 Å². The molecule has 0 aromatic carbocycles. The minimum atomic E-state index is 0.915. The van der Waals surface area contributed by atoms with Gasteiger partial charge in [0.15, 0.2) is 0 Å². The van der Waals surface area contributed by atoms with Crippen LogP contribution in [-0.4, -0.2) is 23.5 Å². The van der Waals surface area contributed by atoms with Gasteiger partial charge in [-0.15, -0.1) is 11.3 Å². The highest BCUT2D eigenvalue weighted by atomic mass is 32.2. The predicted octanol–water partition coefficient (Wildman–Crippen LogP) is 1.60. The Labute approximate surface area is 75.4 Å². The van der Waals surface area contributed by atoms with E-state index in [1.807, 2.05) is 23.3 Å². The van der Waals surface area contributed by atoms with E-state index in [9.17, 15) is 0 Å². The Hall–Kier alpha value is -0.0600. The van der Waals surface area contributed by atoms with Gasteiger partial charge in [-0.2, -0.15) is 11.8 Å². The zero-order chi connectivity index (χ0) is 7.94. The van der Waals surface area contributed by atoms with Gasteiger partial charge in [0.05, 0.1) is 0 Å². The van der Waals surface area contributed by atoms with E-state index in [2.05, 4.69) is 16.6 Å². The molecule has 0 fully saturated rings. The zero-order valence-corrected chi connectivity index (χ0v) is 8.17. The molecule has 4 heteroatoms. The van der Waals surface area contributed by atoms with Crippen molar-refractivity contribution in [1.82, 2.24) is 10.3 Å². The summed E-state index contributed by atoms with van der Waals surface area (Å²) in [5.74, 6) is 1.17. The third-order valence-corrected chi connectivity index (χ3v) is 2.63. The first kappa shape index (κ1) is 9.03. The highest BCUT2D eigenvalue weighted by molar-refractivity contribution is 7.98. The maximum atomic E-state index is 4.16. The molecule has 1 N–H and O–H groups in total. The zero-order valence-electron chi connectivity index (χ0n) is 6.54. The molecule has 0 amide bonds. The Kier molecular flexibility index (Phi) is 4.58. The summed E-state index contributed by atoms with van der Waals surface area (Å²) in [6.45, 7) is 1.99. The largest absolute Gasteiger partial charge is 0.310 e. The molecule has 11 heavy (non-hydrogen) atoms. The van der Waals surface area contributed by atoms with Crippen LogP contribution < -0.4 is 5.32 Å². The lowest BCUT2D eigenvalue weighted by atomic mass is 10.6. The van der Waals surface area contributed by atoms with Crippen LogP contribution in [0.25, 0.3) is 0 Å². The van der Waals surface area contributed by atoms with Crippen molar-refractivity contribution in [2.45, 2.75) is 6.54 Å². The first-order valence-corrected chi connectivity index (χ1v) is 5.79. The number of aromatic nitrogens is 1. The fraction of sp³-hybridized carbons (Fsp3) is 0.571. The molecule has 1 rings (SSSR count). The molecular weight excluding hydrogens is 176 g/mol. The molecule has 0 atom stereocenters. The van der Waals surface area contributed by atoms with Crippen LogP contribution in [0.4, 0.5) is 0 Å². The summed E-state index contributed by atoms with van der Waals surface area (Å²) in [4.78, 5) is 4.16. The van der Waals surface area contributed by atoms with E-state index in [1.54, 1.807) is 11.3 Å². The van der Waals surface area contributed by atoms with Crippen LogP contribution in [0.2, 0.25) is 0 Å². The predicted molar refractivity (Wildman–Crippen MR) is 52.2 cm³/mol. The van der Waals surface area contributed by atoms with Gasteiger partial charge < -0.3 is 5.32 Å². The minimum Gasteiger partial charge on any atom is -0.310 e. The number of hydrogen-bond acceptors (Lipinski definition) is 4. The highest BCUT2D eigenvalue weighted by Gasteiger charge is 1.92. The Balaban J connectivity index is 2.04. The van der Waals surface area contributed by atoms with E-state index in [4.69, 9.17) is 0 Å². The topological polar surface area (TPSA) is 24.9 Å². The summed E-state index contributed by atoms with van der Waals surface area (Å²) in [5, 5.41) is 6.49. The molecule has 0 aliphatic rings. The first-order valence-electron chi connectivity index (χ1n) is 3.51. The standard InChI is InChI=1S/C7H12N2S2/c1-10-4-2-8-6-7-9-3-5-11-7/h3,5,8H,2,4,6H2,1H3. The summed E-state index contributed by atoms with van der Waals surface area (Å²) in [6, 6.07) is 0. The second-order valence-electron chi connectivity index (χ2n) is 2.10. The van der Waals surface area contributed by atoms with Crippen molar-refractivity contribution in [3.63, 3.8) is 0 Å². The van der Waals surface area contributed by atoms with Gasteiger partial charge in [-0.1, -0.05) is 0 Å². The summed E-state index contributed by atoms with van der Waals surface area (Å²) >= 11 is 3.56. The molecule has 0 saturated carbocycles. The van der Waals surface area contributed by atoms with Crippen molar-refractivity contribution in [3.8, 4) is 0 Å². The lowest BCUT2D eigenvalue weighted by Gasteiger charge is -1.98. The Bertz CT molecular complexity index is 175. The van der Waals surface area contributed by atoms with Crippen molar-refractivity contribution in [3.05, 3.63) is 16.6 Å². The Morgan fingerprint density at radius 1 is 1.73 bits per heavy atom. The third kappa shape index (κ3) is 3.74. The molecule has 0 aliphatic heterocycles. The van der Waals surface area contributed by atoms with Crippen LogP contribution in [0.15, 0.2) is 11.6 Å². The fourth-order valence-electron chi connectivity index (χ4n) is 0.710. The molecule has 0 spiro atoms. The fourth-order valence-corrected chi connectivity index (χ4v) is 1.64. The molecule has 1 aromatic heterocycles. The molecular formula is C7H12N2S2. The number of hydrogen-bond donors (Lipinski definition) is 1. The maximum Gasteiger partial charge on any atom is 0.106 e. The van der Waals surface area contributed by atoms with Gasteiger partial charge in [0, 0.05) is 30.4 Å². The highest BCUT2D eigenvalue weighted by Crippen LogP contribution is 2.02. The van der Waals surface area contributed by atoms with Crippen molar-refractivity contribution < 1.29 is 0 Å². The number of thioether (sulfide) groups is 1. The van der Waals surface area contributed by atoms with Gasteiger partial charge in [-0.05, 0) is 6.26 Å². The SMILES string of the molecule is CSCCNCc1nccs1. The van der Waals surface area contributed by atoms with Gasteiger partial charge >= 0.3 is 0 Å². The molecule has 1 heterocycles. The van der Waals surface area contributed by atoms with E-state index in [0.717, 1.165) is 13.1 Å². The normalized spacial score (nSPS) is 10.3. The molecule has 0 saturated heterocycles. The Morgan fingerprint density at radius 2 is 2.64 bits per heavy atom. The van der Waals surface area contributed by atoms with Crippen LogP contribution in [0.1, 0.15) is 5.01 Å². The number of nitrogens with one attached hydrogen (secondary N) is 1.